The van der Waals surface area contributed by atoms with Gasteiger partial charge in [0.25, 0.3) is 0 Å². The standard InChI is InChI=1S/C11H15Cl2NO2.ClH/c1-2-3-9(15)10(14)7-4-6(12)5-8(13)11(7)16;/h4-5,9-10,15-16H,2-3,14H2,1H3;1H/t9-,10+;/m0./s1. The molecule has 0 bridgehead atoms. The number of phenols is 1. The van der Waals surface area contributed by atoms with E-state index in [0.717, 1.165) is 6.42 Å². The molecule has 3 nitrogen and oxygen atoms in total. The van der Waals surface area contributed by atoms with Gasteiger partial charge < -0.3 is 15.9 Å². The van der Waals surface area contributed by atoms with E-state index in [1.54, 1.807) is 0 Å². The molecule has 0 aliphatic heterocycles. The number of hydrogen-bond acceptors (Lipinski definition) is 3. The van der Waals surface area contributed by atoms with Gasteiger partial charge in [0.05, 0.1) is 17.2 Å². The van der Waals surface area contributed by atoms with Gasteiger partial charge >= 0.3 is 0 Å². The molecule has 17 heavy (non-hydrogen) atoms. The summed E-state index contributed by atoms with van der Waals surface area (Å²) in [6.07, 6.45) is 0.653. The Labute approximate surface area is 117 Å². The van der Waals surface area contributed by atoms with E-state index >= 15 is 0 Å². The van der Waals surface area contributed by atoms with Crippen LogP contribution in [0.5, 0.6) is 5.75 Å². The molecule has 0 saturated heterocycles. The molecule has 0 spiro atoms. The molecule has 0 aliphatic rings. The van der Waals surface area contributed by atoms with Crippen LogP contribution in [0, 0.1) is 0 Å². The van der Waals surface area contributed by atoms with Crippen molar-refractivity contribution in [2.75, 3.05) is 0 Å². The van der Waals surface area contributed by atoms with Crippen molar-refractivity contribution in [2.24, 2.45) is 5.73 Å². The molecular formula is C11H16Cl3NO2. The van der Waals surface area contributed by atoms with Crippen LogP contribution >= 0.6 is 35.6 Å². The zero-order chi connectivity index (χ0) is 12.3. The number of aliphatic hydroxyl groups is 1. The van der Waals surface area contributed by atoms with Gasteiger partial charge in [0.2, 0.25) is 0 Å². The lowest BCUT2D eigenvalue weighted by molar-refractivity contribution is 0.133. The van der Waals surface area contributed by atoms with Gasteiger partial charge in [-0.05, 0) is 18.6 Å². The number of benzene rings is 1. The largest absolute Gasteiger partial charge is 0.506 e. The summed E-state index contributed by atoms with van der Waals surface area (Å²) in [7, 11) is 0. The second-order valence-electron chi connectivity index (χ2n) is 3.71. The van der Waals surface area contributed by atoms with Gasteiger partial charge in [0, 0.05) is 10.6 Å². The lowest BCUT2D eigenvalue weighted by Gasteiger charge is -2.20. The molecule has 2 atom stereocenters. The van der Waals surface area contributed by atoms with Gasteiger partial charge in [-0.3, -0.25) is 0 Å². The summed E-state index contributed by atoms with van der Waals surface area (Å²) < 4.78 is 0. The Morgan fingerprint density at radius 1 is 1.35 bits per heavy atom. The van der Waals surface area contributed by atoms with Crippen LogP contribution < -0.4 is 5.73 Å². The molecule has 0 amide bonds. The third-order valence-corrected chi connectivity index (χ3v) is 2.92. The number of aromatic hydroxyl groups is 1. The predicted octanol–water partition coefficient (Wildman–Crippen LogP) is 3.28. The van der Waals surface area contributed by atoms with Crippen molar-refractivity contribution in [3.05, 3.63) is 27.7 Å². The highest BCUT2D eigenvalue weighted by Crippen LogP contribution is 2.35. The number of halogens is 3. The fourth-order valence-electron chi connectivity index (χ4n) is 1.52. The average molecular weight is 301 g/mol. The molecule has 4 N–H and O–H groups in total. The summed E-state index contributed by atoms with van der Waals surface area (Å²) in [6.45, 7) is 1.95. The minimum absolute atomic E-state index is 0. The fraction of sp³-hybridized carbons (Fsp3) is 0.455. The summed E-state index contributed by atoms with van der Waals surface area (Å²) in [6, 6.07) is 2.27. The number of nitrogens with two attached hydrogens (primary N) is 1. The predicted molar refractivity (Wildman–Crippen MR) is 73.2 cm³/mol. The van der Waals surface area contributed by atoms with E-state index in [9.17, 15) is 10.2 Å². The van der Waals surface area contributed by atoms with Crippen molar-refractivity contribution < 1.29 is 10.2 Å². The molecule has 6 heteroatoms. The van der Waals surface area contributed by atoms with E-state index in [4.69, 9.17) is 28.9 Å². The average Bonchev–Trinajstić information content (AvgIpc) is 2.22. The van der Waals surface area contributed by atoms with E-state index in [-0.39, 0.29) is 23.2 Å². The molecule has 0 radical (unpaired) electrons. The molecule has 1 aromatic rings. The summed E-state index contributed by atoms with van der Waals surface area (Å²) in [5.74, 6) is -0.117. The van der Waals surface area contributed by atoms with Crippen LogP contribution in [-0.4, -0.2) is 16.3 Å². The maximum atomic E-state index is 9.76. The Hall–Kier alpha value is -0.190. The number of aliphatic hydroxyl groups excluding tert-OH is 1. The van der Waals surface area contributed by atoms with Gasteiger partial charge in [-0.1, -0.05) is 36.5 Å². The summed E-state index contributed by atoms with van der Waals surface area (Å²) in [5, 5.41) is 20.0. The van der Waals surface area contributed by atoms with Crippen LogP contribution in [0.2, 0.25) is 10.0 Å². The Balaban J connectivity index is 0.00000256. The molecule has 1 aromatic carbocycles. The maximum Gasteiger partial charge on any atom is 0.139 e. The number of hydrogen-bond donors (Lipinski definition) is 3. The first kappa shape index (κ1) is 16.8. The van der Waals surface area contributed by atoms with Crippen LogP contribution in [0.4, 0.5) is 0 Å². The van der Waals surface area contributed by atoms with Crippen molar-refractivity contribution >= 4 is 35.6 Å². The molecule has 0 aliphatic carbocycles. The van der Waals surface area contributed by atoms with E-state index < -0.39 is 12.1 Å². The van der Waals surface area contributed by atoms with Gasteiger partial charge in [0.15, 0.2) is 0 Å². The third-order valence-electron chi connectivity index (χ3n) is 2.42. The summed E-state index contributed by atoms with van der Waals surface area (Å²) in [5.41, 5.74) is 6.21. The van der Waals surface area contributed by atoms with Crippen molar-refractivity contribution in [1.82, 2.24) is 0 Å². The monoisotopic (exact) mass is 299 g/mol. The molecule has 1 rings (SSSR count). The van der Waals surface area contributed by atoms with Crippen molar-refractivity contribution in [2.45, 2.75) is 31.9 Å². The minimum Gasteiger partial charge on any atom is -0.506 e. The zero-order valence-electron chi connectivity index (χ0n) is 9.36. The van der Waals surface area contributed by atoms with E-state index in [0.29, 0.717) is 17.0 Å². The first-order valence-electron chi connectivity index (χ1n) is 5.09. The van der Waals surface area contributed by atoms with Gasteiger partial charge in [-0.2, -0.15) is 0 Å². The van der Waals surface area contributed by atoms with Crippen LogP contribution in [0.15, 0.2) is 12.1 Å². The van der Waals surface area contributed by atoms with Gasteiger partial charge in [-0.25, -0.2) is 0 Å². The molecule has 0 aromatic heterocycles. The summed E-state index contributed by atoms with van der Waals surface area (Å²) in [4.78, 5) is 0. The van der Waals surface area contributed by atoms with Crippen molar-refractivity contribution in [3.63, 3.8) is 0 Å². The SMILES string of the molecule is CCC[C@H](O)[C@H](N)c1cc(Cl)cc(Cl)c1O.Cl. The Bertz CT molecular complexity index is 374. The first-order chi connectivity index (χ1) is 7.47. The van der Waals surface area contributed by atoms with Gasteiger partial charge in [-0.15, -0.1) is 12.4 Å². The summed E-state index contributed by atoms with van der Waals surface area (Å²) >= 11 is 11.6. The lowest BCUT2D eigenvalue weighted by Crippen LogP contribution is -2.26. The van der Waals surface area contributed by atoms with E-state index in [1.165, 1.54) is 12.1 Å². The molecule has 0 unspecified atom stereocenters. The zero-order valence-corrected chi connectivity index (χ0v) is 11.7. The maximum absolute atomic E-state index is 9.76. The smallest absolute Gasteiger partial charge is 0.139 e. The molecule has 0 heterocycles. The Morgan fingerprint density at radius 3 is 2.47 bits per heavy atom. The quantitative estimate of drug-likeness (QED) is 0.799. The lowest BCUT2D eigenvalue weighted by atomic mass is 9.98. The Morgan fingerprint density at radius 2 is 1.94 bits per heavy atom. The van der Waals surface area contributed by atoms with Crippen LogP contribution in [0.1, 0.15) is 31.4 Å². The van der Waals surface area contributed by atoms with Crippen LogP contribution in [0.3, 0.4) is 0 Å². The second kappa shape index (κ2) is 7.29. The van der Waals surface area contributed by atoms with Crippen LogP contribution in [0.25, 0.3) is 0 Å². The molecule has 0 fully saturated rings. The highest BCUT2D eigenvalue weighted by molar-refractivity contribution is 6.35. The number of phenolic OH excluding ortho intramolecular Hbond substituents is 1. The topological polar surface area (TPSA) is 66.5 Å². The highest BCUT2D eigenvalue weighted by Gasteiger charge is 2.21. The fourth-order valence-corrected chi connectivity index (χ4v) is 2.03. The van der Waals surface area contributed by atoms with Gasteiger partial charge in [0.1, 0.15) is 5.75 Å². The Kier molecular flexibility index (Phi) is 7.21. The van der Waals surface area contributed by atoms with E-state index in [1.807, 2.05) is 6.92 Å². The highest BCUT2D eigenvalue weighted by atomic mass is 35.5. The first-order valence-corrected chi connectivity index (χ1v) is 5.84. The van der Waals surface area contributed by atoms with Crippen molar-refractivity contribution in [3.8, 4) is 5.75 Å². The van der Waals surface area contributed by atoms with Crippen molar-refractivity contribution in [1.29, 1.82) is 0 Å². The third kappa shape index (κ3) is 4.19. The van der Waals surface area contributed by atoms with E-state index in [2.05, 4.69) is 0 Å². The molecule has 0 saturated carbocycles. The molecular weight excluding hydrogens is 284 g/mol. The van der Waals surface area contributed by atoms with Crippen LogP contribution in [-0.2, 0) is 0 Å². The normalized spacial score (nSPS) is 13.9. The molecule has 98 valence electrons. The number of rotatable bonds is 4. The second-order valence-corrected chi connectivity index (χ2v) is 4.55. The minimum atomic E-state index is -0.717.